The summed E-state index contributed by atoms with van der Waals surface area (Å²) in [6.07, 6.45) is 1.55. The fraction of sp³-hybridized carbons (Fsp3) is 0.0625. The van der Waals surface area contributed by atoms with Crippen molar-refractivity contribution in [2.45, 2.75) is 0 Å². The first kappa shape index (κ1) is 15.2. The van der Waals surface area contributed by atoms with E-state index < -0.39 is 12.1 Å². The zero-order valence-corrected chi connectivity index (χ0v) is 11.7. The molecule has 6 heteroatoms. The number of hydrogen-bond acceptors (Lipinski definition) is 3. The molecule has 22 heavy (non-hydrogen) atoms. The fourth-order valence-electron chi connectivity index (χ4n) is 1.80. The lowest BCUT2D eigenvalue weighted by Gasteiger charge is -2.21. The Hall–Kier alpha value is -3.15. The molecule has 0 aliphatic heterocycles. The van der Waals surface area contributed by atoms with Crippen molar-refractivity contribution in [2.24, 2.45) is 0 Å². The zero-order valence-electron chi connectivity index (χ0n) is 11.7. The molecule has 4 amide bonds. The summed E-state index contributed by atoms with van der Waals surface area (Å²) < 4.78 is 0. The number of imide groups is 1. The Balaban J connectivity index is 2.22. The Kier molecular flexibility index (Phi) is 5.25. The number of hydrogen-bond donors (Lipinski definition) is 2. The van der Waals surface area contributed by atoms with Gasteiger partial charge in [0.15, 0.2) is 0 Å². The second-order valence-electron chi connectivity index (χ2n) is 4.27. The van der Waals surface area contributed by atoms with Crippen LogP contribution in [0.5, 0.6) is 0 Å². The van der Waals surface area contributed by atoms with Crippen LogP contribution in [0.25, 0.3) is 0 Å². The van der Waals surface area contributed by atoms with E-state index in [1.165, 1.54) is 0 Å². The molecule has 0 saturated heterocycles. The second kappa shape index (κ2) is 7.58. The predicted molar refractivity (Wildman–Crippen MR) is 83.5 cm³/mol. The van der Waals surface area contributed by atoms with Gasteiger partial charge in [-0.15, -0.1) is 0 Å². The van der Waals surface area contributed by atoms with Crippen molar-refractivity contribution >= 4 is 29.7 Å². The zero-order chi connectivity index (χ0) is 15.8. The topological polar surface area (TPSA) is 78.5 Å². The van der Waals surface area contributed by atoms with E-state index in [9.17, 15) is 14.4 Å². The maximum Gasteiger partial charge on any atom is 0.334 e. The van der Waals surface area contributed by atoms with E-state index in [0.717, 1.165) is 4.90 Å². The molecule has 0 bridgehead atoms. The Morgan fingerprint density at radius 1 is 0.909 bits per heavy atom. The molecule has 0 fully saturated rings. The lowest BCUT2D eigenvalue weighted by Crippen LogP contribution is -2.46. The summed E-state index contributed by atoms with van der Waals surface area (Å²) in [6, 6.07) is 15.9. The van der Waals surface area contributed by atoms with Crippen LogP contribution in [0.2, 0.25) is 0 Å². The van der Waals surface area contributed by atoms with Gasteiger partial charge in [-0.2, -0.15) is 0 Å². The average Bonchev–Trinajstić information content (AvgIpc) is 2.55. The molecule has 0 aliphatic carbocycles. The number of anilines is 2. The Morgan fingerprint density at radius 3 is 2.09 bits per heavy atom. The molecule has 0 aliphatic rings. The molecule has 2 rings (SSSR count). The summed E-state index contributed by atoms with van der Waals surface area (Å²) >= 11 is 0. The van der Waals surface area contributed by atoms with Gasteiger partial charge in [0.25, 0.3) is 0 Å². The van der Waals surface area contributed by atoms with Crippen molar-refractivity contribution in [1.29, 1.82) is 0 Å². The molecule has 2 N–H and O–H groups in total. The van der Waals surface area contributed by atoms with E-state index in [1.807, 2.05) is 6.07 Å². The number of carbonyl (C=O) groups is 2. The second-order valence-corrected chi connectivity index (χ2v) is 4.27. The number of amides is 4. The smallest absolute Gasteiger partial charge is 0.330 e. The monoisotopic (exact) mass is 296 g/mol. The van der Waals surface area contributed by atoms with Crippen LogP contribution < -0.4 is 15.5 Å². The summed E-state index contributed by atoms with van der Waals surface area (Å²) in [4.78, 5) is 35.7. The summed E-state index contributed by atoms with van der Waals surface area (Å²) in [6.45, 7) is -0.291. The molecule has 111 valence electrons. The lowest BCUT2D eigenvalue weighted by molar-refractivity contribution is 0.240. The van der Waals surface area contributed by atoms with Crippen LogP contribution in [0, 0.1) is 0 Å². The Morgan fingerprint density at radius 2 is 1.50 bits per heavy atom. The minimum absolute atomic E-state index is 0.291. The lowest BCUT2D eigenvalue weighted by atomic mass is 10.3. The standard InChI is InChI=1S/C16H14N3O3/c20-12-11-17-15(21)19(14-9-5-2-6-10-14)16(22)18-13-7-3-1-4-8-13/h1-10H,11H2,(H,17,21)(H,18,22). The highest BCUT2D eigenvalue weighted by atomic mass is 16.2. The molecule has 0 heterocycles. The fourth-order valence-corrected chi connectivity index (χ4v) is 1.80. The van der Waals surface area contributed by atoms with E-state index in [0.29, 0.717) is 11.4 Å². The summed E-state index contributed by atoms with van der Waals surface area (Å²) in [5, 5.41) is 4.93. The quantitative estimate of drug-likeness (QED) is 0.910. The van der Waals surface area contributed by atoms with Crippen molar-refractivity contribution < 1.29 is 14.4 Å². The van der Waals surface area contributed by atoms with Crippen molar-refractivity contribution in [3.05, 3.63) is 60.7 Å². The highest BCUT2D eigenvalue weighted by Gasteiger charge is 2.23. The number of nitrogens with zero attached hydrogens (tertiary/aromatic N) is 1. The van der Waals surface area contributed by atoms with Crippen LogP contribution in [0.1, 0.15) is 0 Å². The molecule has 0 unspecified atom stereocenters. The van der Waals surface area contributed by atoms with Crippen LogP contribution in [-0.2, 0) is 4.79 Å². The van der Waals surface area contributed by atoms with Gasteiger partial charge < -0.3 is 10.6 Å². The predicted octanol–water partition coefficient (Wildman–Crippen LogP) is 2.54. The Bertz CT molecular complexity index is 644. The highest BCUT2D eigenvalue weighted by molar-refractivity contribution is 6.18. The third-order valence-electron chi connectivity index (χ3n) is 2.76. The van der Waals surface area contributed by atoms with Crippen molar-refractivity contribution in [2.75, 3.05) is 16.8 Å². The molecular formula is C16H14N3O3. The number of benzene rings is 2. The minimum Gasteiger partial charge on any atom is -0.330 e. The van der Waals surface area contributed by atoms with Gasteiger partial charge in [0.1, 0.15) is 0 Å². The van der Waals surface area contributed by atoms with Crippen LogP contribution in [-0.4, -0.2) is 24.9 Å². The first-order valence-electron chi connectivity index (χ1n) is 6.56. The molecule has 0 atom stereocenters. The third-order valence-corrected chi connectivity index (χ3v) is 2.76. The van der Waals surface area contributed by atoms with Crippen molar-refractivity contribution in [3.8, 4) is 0 Å². The average molecular weight is 296 g/mol. The number of para-hydroxylation sites is 2. The van der Waals surface area contributed by atoms with Gasteiger partial charge in [0, 0.05) is 5.69 Å². The first-order valence-corrected chi connectivity index (χ1v) is 6.56. The van der Waals surface area contributed by atoms with Crippen molar-refractivity contribution in [3.63, 3.8) is 0 Å². The number of nitrogens with one attached hydrogen (secondary N) is 2. The summed E-state index contributed by atoms with van der Waals surface area (Å²) in [7, 11) is 0. The molecule has 0 saturated carbocycles. The van der Waals surface area contributed by atoms with Gasteiger partial charge in [-0.1, -0.05) is 36.4 Å². The first-order chi connectivity index (χ1) is 10.7. The molecule has 2 aromatic carbocycles. The summed E-state index contributed by atoms with van der Waals surface area (Å²) in [5.41, 5.74) is 0.947. The molecule has 0 spiro atoms. The van der Waals surface area contributed by atoms with Gasteiger partial charge in [-0.05, 0) is 24.3 Å². The third kappa shape index (κ3) is 3.92. The molecule has 6 nitrogen and oxygen atoms in total. The molecule has 2 aromatic rings. The highest BCUT2D eigenvalue weighted by Crippen LogP contribution is 2.16. The van der Waals surface area contributed by atoms with Crippen LogP contribution in [0.4, 0.5) is 21.0 Å². The number of urea groups is 2. The normalized spacial score (nSPS) is 9.64. The maximum absolute atomic E-state index is 12.4. The van der Waals surface area contributed by atoms with Crippen LogP contribution >= 0.6 is 0 Å². The molecular weight excluding hydrogens is 282 g/mol. The van der Waals surface area contributed by atoms with Gasteiger partial charge in [0.05, 0.1) is 12.2 Å². The van der Waals surface area contributed by atoms with Gasteiger partial charge >= 0.3 is 12.1 Å². The van der Waals surface area contributed by atoms with Crippen LogP contribution in [0.3, 0.4) is 0 Å². The van der Waals surface area contributed by atoms with E-state index in [4.69, 9.17) is 0 Å². The van der Waals surface area contributed by atoms with E-state index >= 15 is 0 Å². The van der Waals surface area contributed by atoms with Crippen LogP contribution in [0.15, 0.2) is 60.7 Å². The van der Waals surface area contributed by atoms with E-state index in [-0.39, 0.29) is 6.54 Å². The van der Waals surface area contributed by atoms with Gasteiger partial charge in [-0.3, -0.25) is 4.79 Å². The molecule has 0 aromatic heterocycles. The van der Waals surface area contributed by atoms with E-state index in [2.05, 4.69) is 10.6 Å². The van der Waals surface area contributed by atoms with Crippen molar-refractivity contribution in [1.82, 2.24) is 5.32 Å². The SMILES string of the molecule is O=[C]CNC(=O)N(C(=O)Nc1ccccc1)c1ccccc1. The van der Waals surface area contributed by atoms with Gasteiger partial charge in [-0.25, -0.2) is 14.5 Å². The molecule has 1 radical (unpaired) electrons. The van der Waals surface area contributed by atoms with E-state index in [1.54, 1.807) is 60.9 Å². The number of carbonyl (C=O) groups excluding carboxylic acids is 3. The van der Waals surface area contributed by atoms with Gasteiger partial charge in [0.2, 0.25) is 6.29 Å². The number of rotatable bonds is 4. The largest absolute Gasteiger partial charge is 0.334 e. The Labute approximate surface area is 127 Å². The summed E-state index contributed by atoms with van der Waals surface area (Å²) in [5.74, 6) is 0. The maximum atomic E-state index is 12.4. The minimum atomic E-state index is -0.706.